The summed E-state index contributed by atoms with van der Waals surface area (Å²) in [6.45, 7) is 7.33. The predicted molar refractivity (Wildman–Crippen MR) is 92.4 cm³/mol. The van der Waals surface area contributed by atoms with Gasteiger partial charge in [0, 0.05) is 18.0 Å². The van der Waals surface area contributed by atoms with Crippen LogP contribution in [0.25, 0.3) is 0 Å². The van der Waals surface area contributed by atoms with E-state index in [2.05, 4.69) is 11.8 Å². The molecule has 0 bridgehead atoms. The Morgan fingerprint density at radius 3 is 2.13 bits per heavy atom. The SMILES string of the molecule is CS(=O)(=O)O.Cc1ccc(C(=O)[C@@H](C)CN2CCCCC2)cc1. The summed E-state index contributed by atoms with van der Waals surface area (Å²) in [5, 5.41) is 0. The molecular formula is C17H27NO4S. The molecule has 1 aromatic rings. The highest BCUT2D eigenvalue weighted by Gasteiger charge is 2.19. The van der Waals surface area contributed by atoms with Crippen molar-refractivity contribution in [3.05, 3.63) is 35.4 Å². The Morgan fingerprint density at radius 1 is 1.17 bits per heavy atom. The van der Waals surface area contributed by atoms with Crippen molar-refractivity contribution in [2.45, 2.75) is 33.1 Å². The maximum atomic E-state index is 12.3. The van der Waals surface area contributed by atoms with Gasteiger partial charge in [-0.05, 0) is 32.9 Å². The van der Waals surface area contributed by atoms with Gasteiger partial charge in [0.2, 0.25) is 0 Å². The van der Waals surface area contributed by atoms with E-state index in [-0.39, 0.29) is 11.7 Å². The van der Waals surface area contributed by atoms with Crippen LogP contribution in [0.3, 0.4) is 0 Å². The Hall–Kier alpha value is -1.24. The number of likely N-dealkylation sites (tertiary alicyclic amines) is 1. The second kappa shape index (κ2) is 9.15. The number of carbonyl (C=O) groups is 1. The molecule has 0 radical (unpaired) electrons. The summed E-state index contributed by atoms with van der Waals surface area (Å²) in [4.78, 5) is 14.7. The lowest BCUT2D eigenvalue weighted by atomic mass is 9.97. The van der Waals surface area contributed by atoms with Gasteiger partial charge in [0.15, 0.2) is 5.78 Å². The van der Waals surface area contributed by atoms with Gasteiger partial charge in [0.05, 0.1) is 6.26 Å². The van der Waals surface area contributed by atoms with Gasteiger partial charge < -0.3 is 4.90 Å². The quantitative estimate of drug-likeness (QED) is 0.673. The molecule has 1 fully saturated rings. The molecule has 1 aliphatic heterocycles. The van der Waals surface area contributed by atoms with Gasteiger partial charge in [-0.1, -0.05) is 43.2 Å². The molecular weight excluding hydrogens is 314 g/mol. The molecule has 1 heterocycles. The Labute approximate surface area is 139 Å². The molecule has 1 aromatic carbocycles. The number of ketones is 1. The minimum absolute atomic E-state index is 0.103. The van der Waals surface area contributed by atoms with Crippen molar-refractivity contribution in [3.63, 3.8) is 0 Å². The van der Waals surface area contributed by atoms with Gasteiger partial charge in [-0.25, -0.2) is 0 Å². The predicted octanol–water partition coefficient (Wildman–Crippen LogP) is 2.80. The van der Waals surface area contributed by atoms with Crippen molar-refractivity contribution in [1.82, 2.24) is 4.90 Å². The van der Waals surface area contributed by atoms with Crippen molar-refractivity contribution >= 4 is 15.9 Å². The molecule has 0 saturated carbocycles. The molecule has 0 amide bonds. The lowest BCUT2D eigenvalue weighted by molar-refractivity contribution is 0.0883. The Kier molecular flexibility index (Phi) is 7.88. The zero-order chi connectivity index (χ0) is 17.5. The highest BCUT2D eigenvalue weighted by Crippen LogP contribution is 2.15. The number of carbonyl (C=O) groups excluding carboxylic acids is 1. The van der Waals surface area contributed by atoms with Crippen LogP contribution >= 0.6 is 0 Å². The maximum Gasteiger partial charge on any atom is 0.261 e. The van der Waals surface area contributed by atoms with Gasteiger partial charge >= 0.3 is 0 Å². The molecule has 130 valence electrons. The van der Waals surface area contributed by atoms with E-state index >= 15 is 0 Å². The van der Waals surface area contributed by atoms with Gasteiger partial charge in [-0.2, -0.15) is 8.42 Å². The molecule has 5 nitrogen and oxygen atoms in total. The minimum Gasteiger partial charge on any atom is -0.303 e. The van der Waals surface area contributed by atoms with Crippen LogP contribution in [0.4, 0.5) is 0 Å². The second-order valence-corrected chi connectivity index (χ2v) is 7.69. The summed E-state index contributed by atoms with van der Waals surface area (Å²) >= 11 is 0. The summed E-state index contributed by atoms with van der Waals surface area (Å²) in [6, 6.07) is 7.93. The third-order valence-electron chi connectivity index (χ3n) is 3.76. The molecule has 0 aromatic heterocycles. The molecule has 0 aliphatic carbocycles. The van der Waals surface area contributed by atoms with Crippen LogP contribution in [0, 0.1) is 12.8 Å². The first-order valence-corrected chi connectivity index (χ1v) is 9.77. The van der Waals surface area contributed by atoms with Gasteiger partial charge in [0.25, 0.3) is 10.1 Å². The van der Waals surface area contributed by atoms with Crippen LogP contribution in [0.2, 0.25) is 0 Å². The van der Waals surface area contributed by atoms with E-state index in [0.29, 0.717) is 6.26 Å². The lowest BCUT2D eigenvalue weighted by Gasteiger charge is -2.28. The second-order valence-electron chi connectivity index (χ2n) is 6.23. The molecule has 1 atom stereocenters. The summed E-state index contributed by atoms with van der Waals surface area (Å²) in [7, 11) is -3.67. The van der Waals surface area contributed by atoms with Crippen LogP contribution in [-0.2, 0) is 10.1 Å². The number of piperidine rings is 1. The molecule has 0 unspecified atom stereocenters. The number of benzene rings is 1. The zero-order valence-electron chi connectivity index (χ0n) is 14.2. The topological polar surface area (TPSA) is 74.7 Å². The summed E-state index contributed by atoms with van der Waals surface area (Å²) in [6.07, 6.45) is 4.63. The highest BCUT2D eigenvalue weighted by atomic mass is 32.2. The highest BCUT2D eigenvalue weighted by molar-refractivity contribution is 7.85. The summed E-state index contributed by atoms with van der Waals surface area (Å²) in [5.74, 6) is 0.381. The Balaban J connectivity index is 0.000000463. The first-order valence-electron chi connectivity index (χ1n) is 7.92. The number of rotatable bonds is 4. The van der Waals surface area contributed by atoms with E-state index in [9.17, 15) is 13.2 Å². The largest absolute Gasteiger partial charge is 0.303 e. The van der Waals surface area contributed by atoms with Crippen molar-refractivity contribution in [2.24, 2.45) is 5.92 Å². The van der Waals surface area contributed by atoms with Gasteiger partial charge in [-0.15, -0.1) is 0 Å². The number of hydrogen-bond donors (Lipinski definition) is 1. The average molecular weight is 341 g/mol. The third-order valence-corrected chi connectivity index (χ3v) is 3.76. The van der Waals surface area contributed by atoms with E-state index < -0.39 is 10.1 Å². The fourth-order valence-electron chi connectivity index (χ4n) is 2.61. The molecule has 1 aliphatic rings. The van der Waals surface area contributed by atoms with Crippen LogP contribution in [-0.4, -0.2) is 49.5 Å². The molecule has 2 rings (SSSR count). The molecule has 6 heteroatoms. The Bertz CT molecular complexity index is 582. The lowest BCUT2D eigenvalue weighted by Crippen LogP contribution is -2.35. The molecule has 1 saturated heterocycles. The van der Waals surface area contributed by atoms with Gasteiger partial charge in [-0.3, -0.25) is 9.35 Å². The first kappa shape index (κ1) is 19.8. The monoisotopic (exact) mass is 341 g/mol. The van der Waals surface area contributed by atoms with Crippen molar-refractivity contribution < 1.29 is 17.8 Å². The zero-order valence-corrected chi connectivity index (χ0v) is 15.0. The standard InChI is InChI=1S/C16H23NO.CH4O3S/c1-13-6-8-15(9-7-13)16(18)14(2)12-17-10-4-3-5-11-17;1-5(2,3)4/h6-9,14H,3-5,10-12H2,1-2H3;1H3,(H,2,3,4)/t14-;/m0./s1. The van der Waals surface area contributed by atoms with Crippen LogP contribution in [0.1, 0.15) is 42.1 Å². The van der Waals surface area contributed by atoms with Crippen molar-refractivity contribution in [1.29, 1.82) is 0 Å². The number of Topliss-reactive ketones (excluding diaryl/α,β-unsaturated/α-hetero) is 1. The normalized spacial score (nSPS) is 17.0. The van der Waals surface area contributed by atoms with E-state index in [1.54, 1.807) is 0 Å². The smallest absolute Gasteiger partial charge is 0.261 e. The fourth-order valence-corrected chi connectivity index (χ4v) is 2.61. The number of hydrogen-bond acceptors (Lipinski definition) is 4. The molecule has 1 N–H and O–H groups in total. The molecule has 23 heavy (non-hydrogen) atoms. The van der Waals surface area contributed by atoms with Crippen LogP contribution < -0.4 is 0 Å². The van der Waals surface area contributed by atoms with Crippen molar-refractivity contribution in [2.75, 3.05) is 25.9 Å². The molecule has 0 spiro atoms. The minimum atomic E-state index is -3.67. The number of nitrogens with zero attached hydrogens (tertiary/aromatic N) is 1. The maximum absolute atomic E-state index is 12.3. The summed E-state index contributed by atoms with van der Waals surface area (Å²) in [5.41, 5.74) is 2.06. The average Bonchev–Trinajstić information content (AvgIpc) is 2.46. The van der Waals surface area contributed by atoms with Crippen LogP contribution in [0.15, 0.2) is 24.3 Å². The van der Waals surface area contributed by atoms with Crippen LogP contribution in [0.5, 0.6) is 0 Å². The van der Waals surface area contributed by atoms with Gasteiger partial charge in [0.1, 0.15) is 0 Å². The van der Waals surface area contributed by atoms with E-state index in [0.717, 1.165) is 25.2 Å². The third kappa shape index (κ3) is 8.83. The fraction of sp³-hybridized carbons (Fsp3) is 0.588. The van der Waals surface area contributed by atoms with E-state index in [1.807, 2.05) is 31.2 Å². The van der Waals surface area contributed by atoms with E-state index in [1.165, 1.54) is 24.8 Å². The van der Waals surface area contributed by atoms with E-state index in [4.69, 9.17) is 4.55 Å². The van der Waals surface area contributed by atoms with Crippen molar-refractivity contribution in [3.8, 4) is 0 Å². The first-order chi connectivity index (χ1) is 10.7. The summed E-state index contributed by atoms with van der Waals surface area (Å²) < 4.78 is 25.9. The Morgan fingerprint density at radius 2 is 1.65 bits per heavy atom. The number of aryl methyl sites for hydroxylation is 1.